The van der Waals surface area contributed by atoms with Crippen molar-refractivity contribution in [3.63, 3.8) is 0 Å². The number of hydrogen-bond donors (Lipinski definition) is 4. The third-order valence-corrected chi connectivity index (χ3v) is 3.24. The molecule has 0 bridgehead atoms. The van der Waals surface area contributed by atoms with Gasteiger partial charge in [-0.15, -0.1) is 17.5 Å². The molecule has 1 unspecified atom stereocenters. The Labute approximate surface area is 145 Å². The lowest BCUT2D eigenvalue weighted by molar-refractivity contribution is -0.121. The molecule has 132 valence electrons. The lowest BCUT2D eigenvalue weighted by Gasteiger charge is -2.14. The predicted octanol–water partition coefficient (Wildman–Crippen LogP) is 0.532. The Kier molecular flexibility index (Phi) is 7.28. The molecule has 1 aromatic heterocycles. The van der Waals surface area contributed by atoms with Gasteiger partial charge in [0.15, 0.2) is 11.5 Å². The summed E-state index contributed by atoms with van der Waals surface area (Å²) in [5.74, 6) is 1.59. The lowest BCUT2D eigenvalue weighted by atomic mass is 10.0. The van der Waals surface area contributed by atoms with Gasteiger partial charge in [0, 0.05) is 12.5 Å². The number of benzene rings is 1. The summed E-state index contributed by atoms with van der Waals surface area (Å²) in [5.41, 5.74) is 12.2. The maximum Gasteiger partial charge on any atom is 0.239 e. The van der Waals surface area contributed by atoms with Gasteiger partial charge < -0.3 is 26.3 Å². The summed E-state index contributed by atoms with van der Waals surface area (Å²) in [5, 5.41) is 8.99. The largest absolute Gasteiger partial charge is 0.493 e. The molecule has 0 fully saturated rings. The Hall–Kier alpha value is -2.52. The molecule has 0 aliphatic heterocycles. The van der Waals surface area contributed by atoms with Gasteiger partial charge in [0.2, 0.25) is 11.9 Å². The van der Waals surface area contributed by atoms with E-state index in [2.05, 4.69) is 20.5 Å². The number of hydrogen-bond acceptors (Lipinski definition) is 7. The summed E-state index contributed by atoms with van der Waals surface area (Å²) in [4.78, 5) is 15.8. The lowest BCUT2D eigenvalue weighted by Crippen LogP contribution is -2.27. The first-order chi connectivity index (χ1) is 11.0. The molecule has 1 heterocycles. The first-order valence-corrected chi connectivity index (χ1v) is 6.94. The van der Waals surface area contributed by atoms with Crippen LogP contribution in [0, 0.1) is 0 Å². The molecule has 2 rings (SSSR count). The molecule has 1 atom stereocenters. The molecule has 0 saturated carbocycles. The fourth-order valence-electron chi connectivity index (χ4n) is 2.04. The topological polar surface area (TPSA) is 141 Å². The highest BCUT2D eigenvalue weighted by Gasteiger charge is 2.14. The number of carbonyl (C=O) groups excluding carboxylic acids is 1. The van der Waals surface area contributed by atoms with Crippen molar-refractivity contribution in [3.05, 3.63) is 29.6 Å². The molecule has 0 spiro atoms. The minimum atomic E-state index is -0.463. The number of anilines is 1. The molecule has 0 radical (unpaired) electrons. The summed E-state index contributed by atoms with van der Waals surface area (Å²) in [6.07, 6.45) is 0.124. The van der Waals surface area contributed by atoms with E-state index < -0.39 is 6.04 Å². The van der Waals surface area contributed by atoms with Crippen LogP contribution in [-0.2, 0) is 11.3 Å². The zero-order chi connectivity index (χ0) is 16.8. The number of nitrogens with one attached hydrogen (secondary N) is 2. The summed E-state index contributed by atoms with van der Waals surface area (Å²) in [6.45, 7) is 0.210. The highest BCUT2D eigenvalue weighted by Crippen LogP contribution is 2.30. The van der Waals surface area contributed by atoms with E-state index >= 15 is 0 Å². The van der Waals surface area contributed by atoms with E-state index in [-0.39, 0.29) is 37.2 Å². The normalized spacial score (nSPS) is 11.3. The Bertz CT molecular complexity index is 678. The maximum atomic E-state index is 11.9. The number of carbonyl (C=O) groups is 1. The van der Waals surface area contributed by atoms with E-state index in [1.165, 1.54) is 0 Å². The van der Waals surface area contributed by atoms with Crippen LogP contribution >= 0.6 is 12.4 Å². The number of halogens is 1. The number of aromatic amines is 1. The Morgan fingerprint density at radius 3 is 2.62 bits per heavy atom. The van der Waals surface area contributed by atoms with Crippen LogP contribution < -0.4 is 26.3 Å². The molecule has 1 amide bonds. The second-order valence-corrected chi connectivity index (χ2v) is 4.84. The van der Waals surface area contributed by atoms with E-state index in [0.29, 0.717) is 17.3 Å². The van der Waals surface area contributed by atoms with Crippen molar-refractivity contribution >= 4 is 24.3 Å². The smallest absolute Gasteiger partial charge is 0.239 e. The minimum Gasteiger partial charge on any atom is -0.493 e. The van der Waals surface area contributed by atoms with Crippen molar-refractivity contribution in [2.45, 2.75) is 19.0 Å². The van der Waals surface area contributed by atoms with Crippen molar-refractivity contribution < 1.29 is 14.3 Å². The Morgan fingerprint density at radius 2 is 2.04 bits per heavy atom. The first kappa shape index (κ1) is 19.5. The average molecular weight is 357 g/mol. The first-order valence-electron chi connectivity index (χ1n) is 6.94. The third-order valence-electron chi connectivity index (χ3n) is 3.24. The fourth-order valence-corrected chi connectivity index (χ4v) is 2.04. The number of aromatic nitrogens is 3. The van der Waals surface area contributed by atoms with Crippen molar-refractivity contribution in [1.82, 2.24) is 20.5 Å². The van der Waals surface area contributed by atoms with Crippen LogP contribution in [-0.4, -0.2) is 35.3 Å². The maximum absolute atomic E-state index is 11.9. The van der Waals surface area contributed by atoms with Crippen molar-refractivity contribution in [2.75, 3.05) is 20.0 Å². The molecule has 0 saturated heterocycles. The van der Waals surface area contributed by atoms with E-state index in [0.717, 1.165) is 5.56 Å². The quantitative estimate of drug-likeness (QED) is 0.567. The summed E-state index contributed by atoms with van der Waals surface area (Å²) in [6, 6.07) is 4.85. The molecular formula is C14H21ClN6O3. The molecule has 9 nitrogen and oxygen atoms in total. The fraction of sp³-hybridized carbons (Fsp3) is 0.357. The third kappa shape index (κ3) is 5.00. The number of nitrogen functional groups attached to an aromatic ring is 1. The van der Waals surface area contributed by atoms with Crippen LogP contribution in [0.1, 0.15) is 23.9 Å². The zero-order valence-corrected chi connectivity index (χ0v) is 14.2. The molecule has 10 heteroatoms. The van der Waals surface area contributed by atoms with Gasteiger partial charge in [0.25, 0.3) is 0 Å². The summed E-state index contributed by atoms with van der Waals surface area (Å²) >= 11 is 0. The highest BCUT2D eigenvalue weighted by molar-refractivity contribution is 5.85. The van der Waals surface area contributed by atoms with E-state index in [1.807, 2.05) is 0 Å². The van der Waals surface area contributed by atoms with Gasteiger partial charge in [-0.3, -0.25) is 9.89 Å². The van der Waals surface area contributed by atoms with Gasteiger partial charge in [0.05, 0.1) is 20.8 Å². The van der Waals surface area contributed by atoms with Gasteiger partial charge in [-0.25, -0.2) is 0 Å². The number of ether oxygens (including phenoxy) is 2. The predicted molar refractivity (Wildman–Crippen MR) is 91.0 cm³/mol. The number of nitrogens with two attached hydrogens (primary N) is 2. The Balaban J connectivity index is 0.00000288. The van der Waals surface area contributed by atoms with Crippen LogP contribution in [0.2, 0.25) is 0 Å². The molecule has 24 heavy (non-hydrogen) atoms. The van der Waals surface area contributed by atoms with Crippen LogP contribution in [0.3, 0.4) is 0 Å². The summed E-state index contributed by atoms with van der Waals surface area (Å²) in [7, 11) is 3.10. The number of H-pyrrole nitrogens is 1. The number of methoxy groups -OCH3 is 2. The molecule has 0 aliphatic carbocycles. The highest BCUT2D eigenvalue weighted by atomic mass is 35.5. The van der Waals surface area contributed by atoms with Gasteiger partial charge in [-0.2, -0.15) is 4.98 Å². The van der Waals surface area contributed by atoms with Crippen LogP contribution in [0.5, 0.6) is 11.5 Å². The second kappa shape index (κ2) is 8.94. The van der Waals surface area contributed by atoms with Crippen molar-refractivity contribution in [3.8, 4) is 11.5 Å². The SMILES string of the molecule is COc1ccc(C(N)CC(=O)NCc2nc(N)n[nH]2)cc1OC.Cl. The average Bonchev–Trinajstić information content (AvgIpc) is 2.97. The molecule has 2 aromatic rings. The molecule has 0 aliphatic rings. The van der Waals surface area contributed by atoms with Crippen molar-refractivity contribution in [2.24, 2.45) is 5.73 Å². The second-order valence-electron chi connectivity index (χ2n) is 4.84. The molecule has 1 aromatic carbocycles. The van der Waals surface area contributed by atoms with Crippen molar-refractivity contribution in [1.29, 1.82) is 0 Å². The molecular weight excluding hydrogens is 336 g/mol. The van der Waals surface area contributed by atoms with Gasteiger partial charge in [-0.1, -0.05) is 6.07 Å². The summed E-state index contributed by atoms with van der Waals surface area (Å²) < 4.78 is 10.4. The minimum absolute atomic E-state index is 0. The van der Waals surface area contributed by atoms with Gasteiger partial charge in [0.1, 0.15) is 5.82 Å². The number of amides is 1. The zero-order valence-electron chi connectivity index (χ0n) is 13.4. The monoisotopic (exact) mass is 356 g/mol. The Morgan fingerprint density at radius 1 is 1.33 bits per heavy atom. The van der Waals surface area contributed by atoms with Crippen LogP contribution in [0.15, 0.2) is 18.2 Å². The van der Waals surface area contributed by atoms with Gasteiger partial charge >= 0.3 is 0 Å². The molecule has 6 N–H and O–H groups in total. The van der Waals surface area contributed by atoms with E-state index in [1.54, 1.807) is 32.4 Å². The van der Waals surface area contributed by atoms with Gasteiger partial charge in [-0.05, 0) is 17.7 Å². The standard InChI is InChI=1S/C14H20N6O3.ClH/c1-22-10-4-3-8(5-11(10)23-2)9(15)6-13(21)17-7-12-18-14(16)20-19-12;/h3-5,9H,6-7,15H2,1-2H3,(H,17,21)(H3,16,18,19,20);1H. The van der Waals surface area contributed by atoms with E-state index in [4.69, 9.17) is 20.9 Å². The van der Waals surface area contributed by atoms with E-state index in [9.17, 15) is 4.79 Å². The number of nitrogens with zero attached hydrogens (tertiary/aromatic N) is 2. The van der Waals surface area contributed by atoms with Crippen LogP contribution in [0.25, 0.3) is 0 Å². The van der Waals surface area contributed by atoms with Crippen LogP contribution in [0.4, 0.5) is 5.95 Å². The number of rotatable bonds is 7.